The standard InChI is InChI=1S/C8H8N2O.C8H10N2/c11-8-5-9-6-3-1-2-4-7(6)10-8;1-2-4-8-7(3-1)9-5-6-10-8/h1-4,9H,5H2,(H,10,11);1-4,9-10H,5-6H2. The zero-order valence-electron chi connectivity index (χ0n) is 11.6. The second-order valence-electron chi connectivity index (χ2n) is 4.85. The van der Waals surface area contributed by atoms with E-state index in [1.165, 1.54) is 11.4 Å². The van der Waals surface area contributed by atoms with Crippen molar-refractivity contribution in [3.05, 3.63) is 48.5 Å². The SMILES string of the molecule is O=C1CNc2ccccc2N1.c1ccc2c(c1)NCCN2. The largest absolute Gasteiger partial charge is 0.382 e. The molecule has 0 atom stereocenters. The van der Waals surface area contributed by atoms with E-state index in [1.54, 1.807) is 0 Å². The Morgan fingerprint density at radius 3 is 1.71 bits per heavy atom. The molecule has 2 aliphatic heterocycles. The Kier molecular flexibility index (Phi) is 3.91. The number of carbonyl (C=O) groups excluding carboxylic acids is 1. The van der Waals surface area contributed by atoms with Crippen molar-refractivity contribution in [2.24, 2.45) is 0 Å². The molecular formula is C16H18N4O. The number of nitrogens with one attached hydrogen (secondary N) is 4. The summed E-state index contributed by atoms with van der Waals surface area (Å²) in [5.41, 5.74) is 4.29. The fourth-order valence-electron chi connectivity index (χ4n) is 2.30. The molecule has 2 heterocycles. The molecule has 0 saturated carbocycles. The molecule has 2 aromatic carbocycles. The summed E-state index contributed by atoms with van der Waals surface area (Å²) in [5.74, 6) is 0.0173. The van der Waals surface area contributed by atoms with Crippen LogP contribution in [0.2, 0.25) is 0 Å². The van der Waals surface area contributed by atoms with Gasteiger partial charge in [0.15, 0.2) is 0 Å². The van der Waals surface area contributed by atoms with Crippen LogP contribution in [0.25, 0.3) is 0 Å². The molecule has 2 aliphatic rings. The predicted octanol–water partition coefficient (Wildman–Crippen LogP) is 2.57. The Labute approximate surface area is 123 Å². The first kappa shape index (κ1) is 13.3. The second kappa shape index (κ2) is 6.17. The van der Waals surface area contributed by atoms with Gasteiger partial charge in [0.05, 0.1) is 29.3 Å². The van der Waals surface area contributed by atoms with Gasteiger partial charge in [0.25, 0.3) is 0 Å². The summed E-state index contributed by atoms with van der Waals surface area (Å²) < 4.78 is 0. The van der Waals surface area contributed by atoms with Crippen molar-refractivity contribution in [1.29, 1.82) is 0 Å². The van der Waals surface area contributed by atoms with E-state index >= 15 is 0 Å². The lowest BCUT2D eigenvalue weighted by Crippen LogP contribution is -2.27. The summed E-state index contributed by atoms with van der Waals surface area (Å²) in [5, 5.41) is 12.4. The molecule has 0 bridgehead atoms. The van der Waals surface area contributed by atoms with Gasteiger partial charge < -0.3 is 21.3 Å². The van der Waals surface area contributed by atoms with Gasteiger partial charge in [0.2, 0.25) is 5.91 Å². The fourth-order valence-corrected chi connectivity index (χ4v) is 2.30. The van der Waals surface area contributed by atoms with Gasteiger partial charge in [-0.2, -0.15) is 0 Å². The number of hydrogen-bond donors (Lipinski definition) is 4. The number of fused-ring (bicyclic) bond motifs is 2. The van der Waals surface area contributed by atoms with Crippen molar-refractivity contribution in [3.63, 3.8) is 0 Å². The Balaban J connectivity index is 0.000000126. The summed E-state index contributed by atoms with van der Waals surface area (Å²) in [7, 11) is 0. The third-order valence-electron chi connectivity index (χ3n) is 3.32. The molecular weight excluding hydrogens is 264 g/mol. The molecule has 0 radical (unpaired) electrons. The summed E-state index contributed by atoms with van der Waals surface area (Å²) >= 11 is 0. The minimum absolute atomic E-state index is 0.0173. The summed E-state index contributed by atoms with van der Waals surface area (Å²) in [6.07, 6.45) is 0. The maximum Gasteiger partial charge on any atom is 0.243 e. The lowest BCUT2D eigenvalue weighted by Gasteiger charge is -2.18. The molecule has 4 N–H and O–H groups in total. The van der Waals surface area contributed by atoms with E-state index in [2.05, 4.69) is 33.4 Å². The molecule has 2 aromatic rings. The van der Waals surface area contributed by atoms with Gasteiger partial charge in [-0.15, -0.1) is 0 Å². The van der Waals surface area contributed by atoms with E-state index in [-0.39, 0.29) is 5.91 Å². The molecule has 5 heteroatoms. The van der Waals surface area contributed by atoms with Crippen molar-refractivity contribution in [2.45, 2.75) is 0 Å². The van der Waals surface area contributed by atoms with Crippen LogP contribution in [0.15, 0.2) is 48.5 Å². The number of rotatable bonds is 0. The molecule has 5 nitrogen and oxygen atoms in total. The third-order valence-corrected chi connectivity index (χ3v) is 3.32. The number of amides is 1. The number of para-hydroxylation sites is 4. The van der Waals surface area contributed by atoms with Crippen LogP contribution in [0.4, 0.5) is 22.7 Å². The van der Waals surface area contributed by atoms with Crippen LogP contribution in [0, 0.1) is 0 Å². The van der Waals surface area contributed by atoms with Crippen LogP contribution in [0.1, 0.15) is 0 Å². The average Bonchev–Trinajstić information content (AvgIpc) is 2.55. The van der Waals surface area contributed by atoms with E-state index in [9.17, 15) is 4.79 Å². The zero-order valence-corrected chi connectivity index (χ0v) is 11.6. The monoisotopic (exact) mass is 282 g/mol. The predicted molar refractivity (Wildman–Crippen MR) is 87.0 cm³/mol. The van der Waals surface area contributed by atoms with Gasteiger partial charge in [-0.1, -0.05) is 24.3 Å². The van der Waals surface area contributed by atoms with E-state index in [1.807, 2.05) is 36.4 Å². The van der Waals surface area contributed by atoms with Gasteiger partial charge in [-0.25, -0.2) is 0 Å². The molecule has 0 unspecified atom stereocenters. The minimum Gasteiger partial charge on any atom is -0.382 e. The maximum absolute atomic E-state index is 10.9. The van der Waals surface area contributed by atoms with E-state index in [0.29, 0.717) is 6.54 Å². The average molecular weight is 282 g/mol. The molecule has 0 fully saturated rings. The Bertz CT molecular complexity index is 617. The molecule has 21 heavy (non-hydrogen) atoms. The summed E-state index contributed by atoms with van der Waals surface area (Å²) in [4.78, 5) is 10.9. The van der Waals surface area contributed by atoms with Crippen LogP contribution in [0.5, 0.6) is 0 Å². The van der Waals surface area contributed by atoms with Gasteiger partial charge in [-0.05, 0) is 24.3 Å². The van der Waals surface area contributed by atoms with Crippen molar-refractivity contribution >= 4 is 28.7 Å². The highest BCUT2D eigenvalue weighted by Crippen LogP contribution is 2.23. The molecule has 0 aliphatic carbocycles. The Morgan fingerprint density at radius 1 is 0.667 bits per heavy atom. The number of anilines is 4. The van der Waals surface area contributed by atoms with Crippen LogP contribution >= 0.6 is 0 Å². The fraction of sp³-hybridized carbons (Fsp3) is 0.188. The summed E-state index contributed by atoms with van der Waals surface area (Å²) in [6, 6.07) is 15.9. The minimum atomic E-state index is 0.0173. The summed E-state index contributed by atoms with van der Waals surface area (Å²) in [6.45, 7) is 2.42. The van der Waals surface area contributed by atoms with Crippen molar-refractivity contribution in [3.8, 4) is 0 Å². The number of carbonyl (C=O) groups is 1. The molecule has 0 saturated heterocycles. The highest BCUT2D eigenvalue weighted by atomic mass is 16.2. The second-order valence-corrected chi connectivity index (χ2v) is 4.85. The normalized spacial score (nSPS) is 14.8. The highest BCUT2D eigenvalue weighted by Gasteiger charge is 2.11. The van der Waals surface area contributed by atoms with Crippen molar-refractivity contribution in [1.82, 2.24) is 0 Å². The number of benzene rings is 2. The first-order valence-corrected chi connectivity index (χ1v) is 7.02. The first-order valence-electron chi connectivity index (χ1n) is 7.02. The maximum atomic E-state index is 10.9. The van der Waals surface area contributed by atoms with E-state index < -0.39 is 0 Å². The van der Waals surface area contributed by atoms with Gasteiger partial charge >= 0.3 is 0 Å². The lowest BCUT2D eigenvalue weighted by atomic mass is 10.2. The molecule has 108 valence electrons. The van der Waals surface area contributed by atoms with Crippen molar-refractivity contribution in [2.75, 3.05) is 40.9 Å². The molecule has 0 aromatic heterocycles. The van der Waals surface area contributed by atoms with E-state index in [4.69, 9.17) is 0 Å². The molecule has 1 amide bonds. The third kappa shape index (κ3) is 3.25. The van der Waals surface area contributed by atoms with Crippen LogP contribution < -0.4 is 21.3 Å². The first-order chi connectivity index (χ1) is 10.3. The van der Waals surface area contributed by atoms with Crippen LogP contribution in [-0.4, -0.2) is 25.5 Å². The molecule has 4 rings (SSSR count). The van der Waals surface area contributed by atoms with Crippen LogP contribution in [0.3, 0.4) is 0 Å². The van der Waals surface area contributed by atoms with Crippen molar-refractivity contribution < 1.29 is 4.79 Å². The highest BCUT2D eigenvalue weighted by molar-refractivity contribution is 6.00. The van der Waals surface area contributed by atoms with Crippen LogP contribution in [-0.2, 0) is 4.79 Å². The Hall–Kier alpha value is -2.69. The van der Waals surface area contributed by atoms with Gasteiger partial charge in [-0.3, -0.25) is 4.79 Å². The van der Waals surface area contributed by atoms with Gasteiger partial charge in [0.1, 0.15) is 0 Å². The van der Waals surface area contributed by atoms with Gasteiger partial charge in [0, 0.05) is 13.1 Å². The van der Waals surface area contributed by atoms with E-state index in [0.717, 1.165) is 24.5 Å². The zero-order chi connectivity index (χ0) is 14.5. The quantitative estimate of drug-likeness (QED) is 0.599. The number of hydrogen-bond acceptors (Lipinski definition) is 4. The molecule has 0 spiro atoms. The smallest absolute Gasteiger partial charge is 0.243 e. The topological polar surface area (TPSA) is 65.2 Å². The lowest BCUT2D eigenvalue weighted by molar-refractivity contribution is -0.114. The Morgan fingerprint density at radius 2 is 1.14 bits per heavy atom.